The van der Waals surface area contributed by atoms with E-state index in [4.69, 9.17) is 4.74 Å². The molecule has 4 N–H and O–H groups in total. The summed E-state index contributed by atoms with van der Waals surface area (Å²) in [5.74, 6) is 1.09. The number of anilines is 5. The summed E-state index contributed by atoms with van der Waals surface area (Å²) in [5, 5.41) is 12.5. The van der Waals surface area contributed by atoms with Crippen LogP contribution in [0.2, 0.25) is 0 Å². The molecular weight excluding hydrogens is 460 g/mol. The predicted octanol–water partition coefficient (Wildman–Crippen LogP) is 2.88. The first-order valence-corrected chi connectivity index (χ1v) is 11.6. The molecule has 0 atom stereocenters. The van der Waals surface area contributed by atoms with E-state index in [1.165, 1.54) is 22.2 Å². The fraction of sp³-hybridized carbons (Fsp3) is 0.240. The monoisotopic (exact) mass is 486 g/mol. The summed E-state index contributed by atoms with van der Waals surface area (Å²) in [4.78, 5) is 39.6. The van der Waals surface area contributed by atoms with Gasteiger partial charge in [-0.25, -0.2) is 14.8 Å². The fourth-order valence-corrected chi connectivity index (χ4v) is 4.01. The third kappa shape index (κ3) is 5.10. The molecule has 0 bridgehead atoms. The molecule has 2 aromatic heterocycles. The van der Waals surface area contributed by atoms with Gasteiger partial charge in [0.25, 0.3) is 5.91 Å². The van der Waals surface area contributed by atoms with Crippen LogP contribution < -0.4 is 26.2 Å². The molecule has 11 nitrogen and oxygen atoms in total. The zero-order valence-electron chi connectivity index (χ0n) is 19.6. The SMILES string of the molecule is C=CCNC(=O)c1cnc(Nc2ccc3c(c2)CCNC3)nc1Nc1cccc(N2CCOC2=O)n1. The van der Waals surface area contributed by atoms with Crippen molar-refractivity contribution in [2.75, 3.05) is 41.8 Å². The van der Waals surface area contributed by atoms with Gasteiger partial charge in [-0.15, -0.1) is 6.58 Å². The first-order valence-electron chi connectivity index (χ1n) is 11.6. The average molecular weight is 487 g/mol. The quantitative estimate of drug-likeness (QED) is 0.355. The second kappa shape index (κ2) is 10.4. The smallest absolute Gasteiger partial charge is 0.415 e. The first-order chi connectivity index (χ1) is 17.6. The van der Waals surface area contributed by atoms with Crippen molar-refractivity contribution in [2.24, 2.45) is 0 Å². The molecule has 0 spiro atoms. The van der Waals surface area contributed by atoms with E-state index in [1.54, 1.807) is 24.3 Å². The largest absolute Gasteiger partial charge is 0.447 e. The number of hydrogen-bond acceptors (Lipinski definition) is 9. The Kier molecular flexibility index (Phi) is 6.72. The first kappa shape index (κ1) is 23.2. The van der Waals surface area contributed by atoms with Crippen molar-refractivity contribution in [3.05, 3.63) is 71.9 Å². The van der Waals surface area contributed by atoms with E-state index in [0.29, 0.717) is 37.3 Å². The van der Waals surface area contributed by atoms with Crippen molar-refractivity contribution in [1.29, 1.82) is 0 Å². The zero-order valence-corrected chi connectivity index (χ0v) is 19.6. The molecule has 2 amide bonds. The number of fused-ring (bicyclic) bond motifs is 1. The Morgan fingerprint density at radius 2 is 2.11 bits per heavy atom. The lowest BCUT2D eigenvalue weighted by atomic mass is 10.0. The number of nitrogens with one attached hydrogen (secondary N) is 4. The lowest BCUT2D eigenvalue weighted by Crippen LogP contribution is -2.25. The number of carbonyl (C=O) groups is 2. The molecule has 1 fully saturated rings. The van der Waals surface area contributed by atoms with Crippen LogP contribution in [0.3, 0.4) is 0 Å². The number of amides is 2. The van der Waals surface area contributed by atoms with Gasteiger partial charge in [0.2, 0.25) is 5.95 Å². The van der Waals surface area contributed by atoms with Crippen LogP contribution in [0.25, 0.3) is 0 Å². The van der Waals surface area contributed by atoms with E-state index in [9.17, 15) is 9.59 Å². The molecule has 36 heavy (non-hydrogen) atoms. The third-order valence-corrected chi connectivity index (χ3v) is 5.81. The van der Waals surface area contributed by atoms with E-state index < -0.39 is 6.09 Å². The molecule has 4 heterocycles. The van der Waals surface area contributed by atoms with Crippen molar-refractivity contribution in [3.8, 4) is 0 Å². The highest BCUT2D eigenvalue weighted by Crippen LogP contribution is 2.25. The molecule has 11 heteroatoms. The summed E-state index contributed by atoms with van der Waals surface area (Å²) < 4.78 is 5.01. The van der Waals surface area contributed by atoms with Crippen molar-refractivity contribution < 1.29 is 14.3 Å². The van der Waals surface area contributed by atoms with Crippen LogP contribution in [0.1, 0.15) is 21.5 Å². The van der Waals surface area contributed by atoms with Crippen LogP contribution >= 0.6 is 0 Å². The van der Waals surface area contributed by atoms with E-state index in [-0.39, 0.29) is 17.3 Å². The molecule has 0 aliphatic carbocycles. The number of ether oxygens (including phenoxy) is 1. The maximum absolute atomic E-state index is 12.8. The topological polar surface area (TPSA) is 133 Å². The molecule has 2 aliphatic rings. The summed E-state index contributed by atoms with van der Waals surface area (Å²) in [6.07, 6.45) is 3.56. The highest BCUT2D eigenvalue weighted by molar-refractivity contribution is 5.99. The van der Waals surface area contributed by atoms with Crippen LogP contribution in [0.15, 0.2) is 55.3 Å². The number of pyridine rings is 1. The standard InChI is InChI=1S/C25H26N8O3/c1-2-9-27-23(34)19-15-28-24(29-18-7-6-17-14-26-10-8-16(17)13-18)32-22(19)31-20-4-3-5-21(30-20)33-11-12-36-25(33)35/h2-7,13,15,26H,1,8-12,14H2,(H,27,34)(H2,28,29,30,31,32). The van der Waals surface area contributed by atoms with Gasteiger partial charge in [0.05, 0.1) is 6.54 Å². The van der Waals surface area contributed by atoms with Crippen LogP contribution in [0.5, 0.6) is 0 Å². The zero-order chi connectivity index (χ0) is 24.9. The molecular formula is C25H26N8O3. The van der Waals surface area contributed by atoms with E-state index in [2.05, 4.69) is 54.9 Å². The van der Waals surface area contributed by atoms with Gasteiger partial charge in [0.15, 0.2) is 0 Å². The fourth-order valence-electron chi connectivity index (χ4n) is 4.01. The molecule has 184 valence electrons. The van der Waals surface area contributed by atoms with Crippen molar-refractivity contribution >= 4 is 41.1 Å². The van der Waals surface area contributed by atoms with Crippen LogP contribution in [0.4, 0.5) is 33.9 Å². The maximum atomic E-state index is 12.8. The molecule has 5 rings (SSSR count). The normalized spacial score (nSPS) is 14.6. The van der Waals surface area contributed by atoms with E-state index >= 15 is 0 Å². The van der Waals surface area contributed by atoms with Crippen molar-refractivity contribution in [2.45, 2.75) is 13.0 Å². The Morgan fingerprint density at radius 1 is 1.19 bits per heavy atom. The average Bonchev–Trinajstić information content (AvgIpc) is 3.33. The Balaban J connectivity index is 1.43. The van der Waals surface area contributed by atoms with Crippen LogP contribution in [0, 0.1) is 0 Å². The van der Waals surface area contributed by atoms with Gasteiger partial charge in [-0.3, -0.25) is 9.69 Å². The summed E-state index contributed by atoms with van der Waals surface area (Å²) in [6, 6.07) is 11.4. The summed E-state index contributed by atoms with van der Waals surface area (Å²) in [6.45, 7) is 6.46. The Morgan fingerprint density at radius 3 is 2.94 bits per heavy atom. The maximum Gasteiger partial charge on any atom is 0.415 e. The molecule has 1 aromatic carbocycles. The Hall–Kier alpha value is -4.51. The number of rotatable bonds is 8. The number of hydrogen-bond donors (Lipinski definition) is 4. The molecule has 0 unspecified atom stereocenters. The molecule has 0 saturated carbocycles. The predicted molar refractivity (Wildman–Crippen MR) is 136 cm³/mol. The Bertz CT molecular complexity index is 1310. The molecule has 3 aromatic rings. The van der Waals surface area contributed by atoms with Crippen LogP contribution in [-0.4, -0.2) is 53.2 Å². The number of aromatic nitrogens is 3. The number of benzene rings is 1. The molecule has 0 radical (unpaired) electrons. The summed E-state index contributed by atoms with van der Waals surface area (Å²) in [5.41, 5.74) is 3.65. The van der Waals surface area contributed by atoms with Crippen LogP contribution in [-0.2, 0) is 17.7 Å². The Labute approximate surface area is 208 Å². The summed E-state index contributed by atoms with van der Waals surface area (Å²) >= 11 is 0. The summed E-state index contributed by atoms with van der Waals surface area (Å²) in [7, 11) is 0. The third-order valence-electron chi connectivity index (χ3n) is 5.81. The van der Waals surface area contributed by atoms with Gasteiger partial charge >= 0.3 is 6.09 Å². The highest BCUT2D eigenvalue weighted by Gasteiger charge is 2.25. The van der Waals surface area contributed by atoms with Crippen molar-refractivity contribution in [3.63, 3.8) is 0 Å². The number of carbonyl (C=O) groups excluding carboxylic acids is 2. The minimum Gasteiger partial charge on any atom is -0.447 e. The van der Waals surface area contributed by atoms with Gasteiger partial charge in [-0.2, -0.15) is 4.98 Å². The number of nitrogens with zero attached hydrogens (tertiary/aromatic N) is 4. The minimum atomic E-state index is -0.446. The number of cyclic esters (lactones) is 1. The van der Waals surface area contributed by atoms with E-state index in [0.717, 1.165) is 25.2 Å². The van der Waals surface area contributed by atoms with Gasteiger partial charge in [-0.05, 0) is 48.4 Å². The minimum absolute atomic E-state index is 0.242. The van der Waals surface area contributed by atoms with Gasteiger partial charge in [0, 0.05) is 25.0 Å². The molecule has 1 saturated heterocycles. The molecule has 2 aliphatic heterocycles. The lowest BCUT2D eigenvalue weighted by molar-refractivity contribution is 0.0958. The lowest BCUT2D eigenvalue weighted by Gasteiger charge is -2.18. The second-order valence-corrected chi connectivity index (χ2v) is 8.26. The van der Waals surface area contributed by atoms with Gasteiger partial charge < -0.3 is 26.0 Å². The van der Waals surface area contributed by atoms with Gasteiger partial charge in [-0.1, -0.05) is 18.2 Å². The second-order valence-electron chi connectivity index (χ2n) is 8.26. The van der Waals surface area contributed by atoms with Crippen molar-refractivity contribution in [1.82, 2.24) is 25.6 Å². The van der Waals surface area contributed by atoms with E-state index in [1.807, 2.05) is 6.07 Å². The highest BCUT2D eigenvalue weighted by atomic mass is 16.6. The van der Waals surface area contributed by atoms with Gasteiger partial charge in [0.1, 0.15) is 29.6 Å².